The van der Waals surface area contributed by atoms with Crippen LogP contribution in [-0.4, -0.2) is 20.7 Å². The van der Waals surface area contributed by atoms with Crippen molar-refractivity contribution in [2.45, 2.75) is 25.8 Å². The lowest BCUT2D eigenvalue weighted by Gasteiger charge is -2.25. The van der Waals surface area contributed by atoms with Crippen LogP contribution in [0.3, 0.4) is 0 Å². The van der Waals surface area contributed by atoms with Gasteiger partial charge in [0.1, 0.15) is 6.04 Å². The van der Waals surface area contributed by atoms with E-state index < -0.39 is 0 Å². The molecule has 1 atom stereocenters. The first-order valence-electron chi connectivity index (χ1n) is 11.2. The predicted octanol–water partition coefficient (Wildman–Crippen LogP) is 5.87. The second-order valence-corrected chi connectivity index (χ2v) is 8.68. The van der Waals surface area contributed by atoms with E-state index in [9.17, 15) is 4.79 Å². The number of hydrogen-bond donors (Lipinski definition) is 2. The van der Waals surface area contributed by atoms with Gasteiger partial charge in [-0.3, -0.25) is 10.1 Å². The van der Waals surface area contributed by atoms with Gasteiger partial charge in [0.25, 0.3) is 5.95 Å². The lowest BCUT2D eigenvalue weighted by Crippen LogP contribution is -2.20. The molecule has 1 aliphatic rings. The van der Waals surface area contributed by atoms with Gasteiger partial charge in [-0.05, 0) is 42.2 Å². The Labute approximate surface area is 203 Å². The van der Waals surface area contributed by atoms with Gasteiger partial charge in [-0.15, -0.1) is 5.10 Å². The third-order valence-electron chi connectivity index (χ3n) is 5.79. The molecular formula is C27H24ClN5O. The largest absolute Gasteiger partial charge is 0.324 e. The van der Waals surface area contributed by atoms with E-state index in [4.69, 9.17) is 11.6 Å². The zero-order valence-corrected chi connectivity index (χ0v) is 19.5. The molecule has 1 aromatic heterocycles. The zero-order valence-electron chi connectivity index (χ0n) is 18.7. The van der Waals surface area contributed by atoms with Gasteiger partial charge in [0, 0.05) is 17.1 Å². The van der Waals surface area contributed by atoms with E-state index in [-0.39, 0.29) is 17.9 Å². The Kier molecular flexibility index (Phi) is 6.14. The molecule has 0 aliphatic carbocycles. The van der Waals surface area contributed by atoms with Crippen LogP contribution in [0.4, 0.5) is 11.9 Å². The van der Waals surface area contributed by atoms with Crippen molar-refractivity contribution in [3.05, 3.63) is 112 Å². The van der Waals surface area contributed by atoms with Gasteiger partial charge in [0.05, 0.1) is 0 Å². The normalized spacial score (nSPS) is 14.6. The van der Waals surface area contributed by atoms with Crippen LogP contribution in [-0.2, 0) is 11.2 Å². The van der Waals surface area contributed by atoms with Crippen LogP contribution in [0.5, 0.6) is 0 Å². The average Bonchev–Trinajstić information content (AvgIpc) is 3.26. The summed E-state index contributed by atoms with van der Waals surface area (Å²) in [5.74, 6) is 0.672. The number of halogens is 1. The van der Waals surface area contributed by atoms with E-state index in [0.717, 1.165) is 22.4 Å². The number of anilines is 2. The van der Waals surface area contributed by atoms with E-state index in [1.54, 1.807) is 4.68 Å². The molecule has 1 aliphatic heterocycles. The molecule has 0 fully saturated rings. The molecule has 6 nitrogen and oxygen atoms in total. The lowest BCUT2D eigenvalue weighted by molar-refractivity contribution is -0.116. The average molecular weight is 470 g/mol. The van der Waals surface area contributed by atoms with E-state index in [2.05, 4.69) is 58.0 Å². The molecule has 170 valence electrons. The first kappa shape index (κ1) is 21.9. The molecule has 3 aromatic carbocycles. The van der Waals surface area contributed by atoms with Gasteiger partial charge >= 0.3 is 0 Å². The Hall–Kier alpha value is -3.90. The summed E-state index contributed by atoms with van der Waals surface area (Å²) < 4.78 is 1.76. The smallest absolute Gasteiger partial charge is 0.250 e. The number of nitrogens with one attached hydrogen (secondary N) is 2. The minimum atomic E-state index is -0.274. The first-order chi connectivity index (χ1) is 16.6. The second-order valence-electron chi connectivity index (χ2n) is 8.28. The molecule has 0 radical (unpaired) electrons. The number of hydrogen-bond acceptors (Lipinski definition) is 4. The van der Waals surface area contributed by atoms with Crippen molar-refractivity contribution in [2.24, 2.45) is 0 Å². The first-order valence-corrected chi connectivity index (χ1v) is 11.6. The number of carbonyl (C=O) groups excluding carboxylic acids is 1. The van der Waals surface area contributed by atoms with E-state index in [0.29, 0.717) is 23.8 Å². The second kappa shape index (κ2) is 9.53. The summed E-state index contributed by atoms with van der Waals surface area (Å²) in [6, 6.07) is 25.6. The number of allylic oxidation sites excluding steroid dienone is 1. The highest BCUT2D eigenvalue weighted by Crippen LogP contribution is 2.35. The van der Waals surface area contributed by atoms with Crippen molar-refractivity contribution in [1.29, 1.82) is 0 Å². The van der Waals surface area contributed by atoms with Crippen LogP contribution in [0.1, 0.15) is 34.7 Å². The predicted molar refractivity (Wildman–Crippen MR) is 136 cm³/mol. The molecule has 0 unspecified atom stereocenters. The number of aromatic nitrogens is 3. The highest BCUT2D eigenvalue weighted by molar-refractivity contribution is 6.31. The van der Waals surface area contributed by atoms with Crippen molar-refractivity contribution in [2.75, 3.05) is 10.6 Å². The highest BCUT2D eigenvalue weighted by Gasteiger charge is 2.27. The van der Waals surface area contributed by atoms with E-state index in [1.807, 2.05) is 54.6 Å². The summed E-state index contributed by atoms with van der Waals surface area (Å²) in [5.41, 5.74) is 5.15. The van der Waals surface area contributed by atoms with Crippen LogP contribution >= 0.6 is 11.6 Å². The molecule has 5 rings (SSSR count). The van der Waals surface area contributed by atoms with Crippen molar-refractivity contribution in [1.82, 2.24) is 14.8 Å². The summed E-state index contributed by atoms with van der Waals surface area (Å²) >= 11 is 6.55. The summed E-state index contributed by atoms with van der Waals surface area (Å²) in [4.78, 5) is 17.1. The quantitative estimate of drug-likeness (QED) is 0.370. The third-order valence-corrected chi connectivity index (χ3v) is 6.13. The zero-order chi connectivity index (χ0) is 23.5. The maximum absolute atomic E-state index is 12.6. The topological polar surface area (TPSA) is 71.8 Å². The monoisotopic (exact) mass is 469 g/mol. The molecule has 2 N–H and O–H groups in total. The summed E-state index contributed by atoms with van der Waals surface area (Å²) in [5, 5.41) is 11.4. The fraction of sp³-hybridized carbons (Fsp3) is 0.148. The Morgan fingerprint density at radius 2 is 1.76 bits per heavy atom. The number of carbonyl (C=O) groups is 1. The van der Waals surface area contributed by atoms with E-state index >= 15 is 0 Å². The maximum atomic E-state index is 12.6. The molecule has 34 heavy (non-hydrogen) atoms. The van der Waals surface area contributed by atoms with Crippen LogP contribution in [0.15, 0.2) is 84.9 Å². The fourth-order valence-electron chi connectivity index (χ4n) is 3.97. The van der Waals surface area contributed by atoms with Gasteiger partial charge in [0.2, 0.25) is 11.9 Å². The highest BCUT2D eigenvalue weighted by atomic mass is 35.5. The van der Waals surface area contributed by atoms with Crippen molar-refractivity contribution >= 4 is 35.1 Å². The molecule has 0 spiro atoms. The number of benzene rings is 3. The minimum Gasteiger partial charge on any atom is -0.324 e. The van der Waals surface area contributed by atoms with Crippen molar-refractivity contribution in [3.8, 4) is 0 Å². The van der Waals surface area contributed by atoms with Crippen LogP contribution in [0.25, 0.3) is 5.70 Å². The molecule has 0 bridgehead atoms. The summed E-state index contributed by atoms with van der Waals surface area (Å²) in [7, 11) is 0. The Morgan fingerprint density at radius 3 is 2.53 bits per heavy atom. The van der Waals surface area contributed by atoms with Gasteiger partial charge in [-0.25, -0.2) is 4.68 Å². The summed E-state index contributed by atoms with van der Waals surface area (Å²) in [6.07, 6.45) is 3.08. The van der Waals surface area contributed by atoms with E-state index in [1.165, 1.54) is 5.56 Å². The van der Waals surface area contributed by atoms with Gasteiger partial charge < -0.3 is 5.32 Å². The molecule has 7 heteroatoms. The van der Waals surface area contributed by atoms with Gasteiger partial charge in [-0.1, -0.05) is 90.0 Å². The minimum absolute atomic E-state index is 0.132. The number of aryl methyl sites for hydroxylation is 2. The number of amides is 1. The molecule has 1 amide bonds. The van der Waals surface area contributed by atoms with Crippen molar-refractivity contribution < 1.29 is 4.79 Å². The summed E-state index contributed by atoms with van der Waals surface area (Å²) in [6.45, 7) is 2.06. The van der Waals surface area contributed by atoms with Crippen LogP contribution < -0.4 is 10.6 Å². The molecule has 2 heterocycles. The Balaban J connectivity index is 1.42. The van der Waals surface area contributed by atoms with Gasteiger partial charge in [0.15, 0.2) is 0 Å². The van der Waals surface area contributed by atoms with Crippen molar-refractivity contribution in [3.63, 3.8) is 0 Å². The number of fused-ring (bicyclic) bond motifs is 1. The van der Waals surface area contributed by atoms with Gasteiger partial charge in [-0.2, -0.15) is 4.98 Å². The SMILES string of the molecule is Cc1ccc(C2=C[C@H](c3ccccc3Cl)n3nc(NC(=O)CCc4ccccc4)nc3N2)cc1. The standard InChI is InChI=1S/C27H24ClN5O/c1-18-11-14-20(15-12-18)23-17-24(21-9-5-6-10-22(21)28)33-27(29-23)31-26(32-33)30-25(34)16-13-19-7-3-2-4-8-19/h2-12,14-15,17,24H,13,16H2,1H3,(H2,29,30,31,32,34)/t24-/m1/s1. The number of nitrogens with zero attached hydrogens (tertiary/aromatic N) is 3. The Bertz CT molecular complexity index is 1350. The lowest BCUT2D eigenvalue weighted by atomic mass is 10.0. The third kappa shape index (κ3) is 4.72. The number of rotatable bonds is 6. The molecule has 4 aromatic rings. The van der Waals surface area contributed by atoms with Crippen LogP contribution in [0.2, 0.25) is 5.02 Å². The Morgan fingerprint density at radius 1 is 1.03 bits per heavy atom. The molecule has 0 saturated carbocycles. The maximum Gasteiger partial charge on any atom is 0.250 e. The molecular weight excluding hydrogens is 446 g/mol. The van der Waals surface area contributed by atoms with Crippen LogP contribution in [0, 0.1) is 6.92 Å². The molecule has 0 saturated heterocycles. The fourth-order valence-corrected chi connectivity index (χ4v) is 4.22.